The lowest BCUT2D eigenvalue weighted by Crippen LogP contribution is -2.32. The molecular weight excluding hydrogens is 292 g/mol. The van der Waals surface area contributed by atoms with E-state index in [1.807, 2.05) is 0 Å². The Bertz CT molecular complexity index is 538. The molecule has 0 aromatic heterocycles. The van der Waals surface area contributed by atoms with Crippen LogP contribution in [0.2, 0.25) is 0 Å². The van der Waals surface area contributed by atoms with E-state index < -0.39 is 0 Å². The second-order valence-corrected chi connectivity index (χ2v) is 5.64. The monoisotopic (exact) mass is 318 g/mol. The van der Waals surface area contributed by atoms with E-state index in [4.69, 9.17) is 0 Å². The number of carbonyl (C=O) groups excluding carboxylic acids is 3. The number of amides is 2. The summed E-state index contributed by atoms with van der Waals surface area (Å²) in [5, 5.41) is 2.78. The number of carbonyl (C=O) groups is 3. The standard InChI is InChI=1S/C18H26N2O3/c1-4-5-6-12-20(15(3)22)13-11-18(23)19-17-9-7-16(8-10-17)14(2)21/h7-10H,4-6,11-13H2,1-3H3,(H,19,23). The van der Waals surface area contributed by atoms with Crippen LogP contribution in [0.25, 0.3) is 0 Å². The van der Waals surface area contributed by atoms with Gasteiger partial charge in [0.15, 0.2) is 5.78 Å². The molecule has 0 heterocycles. The highest BCUT2D eigenvalue weighted by molar-refractivity contribution is 5.95. The number of nitrogens with one attached hydrogen (secondary N) is 1. The van der Waals surface area contributed by atoms with Gasteiger partial charge >= 0.3 is 0 Å². The molecule has 0 fully saturated rings. The van der Waals surface area contributed by atoms with Crippen molar-refractivity contribution in [3.05, 3.63) is 29.8 Å². The van der Waals surface area contributed by atoms with E-state index in [-0.39, 0.29) is 24.0 Å². The Morgan fingerprint density at radius 1 is 1.00 bits per heavy atom. The van der Waals surface area contributed by atoms with Crippen molar-refractivity contribution in [2.24, 2.45) is 0 Å². The molecule has 0 bridgehead atoms. The predicted octanol–water partition coefficient (Wildman–Crippen LogP) is 3.26. The average molecular weight is 318 g/mol. The molecule has 0 saturated carbocycles. The van der Waals surface area contributed by atoms with Crippen LogP contribution in [0.15, 0.2) is 24.3 Å². The number of unbranched alkanes of at least 4 members (excludes halogenated alkanes) is 2. The molecule has 0 radical (unpaired) electrons. The quantitative estimate of drug-likeness (QED) is 0.561. The van der Waals surface area contributed by atoms with Crippen LogP contribution in [0.5, 0.6) is 0 Å². The van der Waals surface area contributed by atoms with Crippen LogP contribution in [-0.4, -0.2) is 35.6 Å². The van der Waals surface area contributed by atoms with E-state index in [9.17, 15) is 14.4 Å². The molecule has 0 spiro atoms. The van der Waals surface area contributed by atoms with Crippen LogP contribution >= 0.6 is 0 Å². The molecule has 0 aliphatic carbocycles. The number of Topliss-reactive ketones (excluding diaryl/α,β-unsaturated/α-hetero) is 1. The summed E-state index contributed by atoms with van der Waals surface area (Å²) >= 11 is 0. The van der Waals surface area contributed by atoms with Crippen molar-refractivity contribution < 1.29 is 14.4 Å². The van der Waals surface area contributed by atoms with Crippen LogP contribution < -0.4 is 5.32 Å². The maximum absolute atomic E-state index is 12.0. The second-order valence-electron chi connectivity index (χ2n) is 5.64. The topological polar surface area (TPSA) is 66.5 Å². The third-order valence-electron chi connectivity index (χ3n) is 3.66. The van der Waals surface area contributed by atoms with Gasteiger partial charge in [0, 0.05) is 37.7 Å². The highest BCUT2D eigenvalue weighted by Crippen LogP contribution is 2.10. The lowest BCUT2D eigenvalue weighted by atomic mass is 10.1. The van der Waals surface area contributed by atoms with Crippen molar-refractivity contribution in [3.63, 3.8) is 0 Å². The molecule has 2 amide bonds. The molecule has 0 saturated heterocycles. The zero-order valence-corrected chi connectivity index (χ0v) is 14.2. The minimum absolute atomic E-state index is 0.000265. The van der Waals surface area contributed by atoms with Gasteiger partial charge in [-0.1, -0.05) is 19.8 Å². The van der Waals surface area contributed by atoms with Crippen LogP contribution in [0.4, 0.5) is 5.69 Å². The summed E-state index contributed by atoms with van der Waals surface area (Å²) in [6, 6.07) is 6.78. The fourth-order valence-corrected chi connectivity index (χ4v) is 2.23. The summed E-state index contributed by atoms with van der Waals surface area (Å²) in [7, 11) is 0. The van der Waals surface area contributed by atoms with Gasteiger partial charge < -0.3 is 10.2 Å². The molecule has 126 valence electrons. The van der Waals surface area contributed by atoms with Gasteiger partial charge in [0.25, 0.3) is 0 Å². The minimum atomic E-state index is -0.137. The second kappa shape index (κ2) is 9.77. The molecule has 0 aliphatic heterocycles. The third kappa shape index (κ3) is 7.08. The SMILES string of the molecule is CCCCCN(CCC(=O)Nc1ccc(C(C)=O)cc1)C(C)=O. The molecule has 0 atom stereocenters. The first-order chi connectivity index (χ1) is 10.9. The van der Waals surface area contributed by atoms with Gasteiger partial charge in [-0.25, -0.2) is 0 Å². The van der Waals surface area contributed by atoms with E-state index in [0.717, 1.165) is 19.3 Å². The fraction of sp³-hybridized carbons (Fsp3) is 0.500. The maximum atomic E-state index is 12.0. The lowest BCUT2D eigenvalue weighted by Gasteiger charge is -2.20. The van der Waals surface area contributed by atoms with Gasteiger partial charge in [0.2, 0.25) is 11.8 Å². The van der Waals surface area contributed by atoms with Crippen LogP contribution in [0, 0.1) is 0 Å². The normalized spacial score (nSPS) is 10.2. The summed E-state index contributed by atoms with van der Waals surface area (Å²) in [6.45, 7) is 6.27. The highest BCUT2D eigenvalue weighted by atomic mass is 16.2. The van der Waals surface area contributed by atoms with E-state index >= 15 is 0 Å². The fourth-order valence-electron chi connectivity index (χ4n) is 2.23. The Morgan fingerprint density at radius 2 is 1.65 bits per heavy atom. The molecule has 1 rings (SSSR count). The molecule has 0 unspecified atom stereocenters. The number of rotatable bonds is 9. The van der Waals surface area contributed by atoms with E-state index in [0.29, 0.717) is 24.3 Å². The highest BCUT2D eigenvalue weighted by Gasteiger charge is 2.11. The predicted molar refractivity (Wildman–Crippen MR) is 91.5 cm³/mol. The minimum Gasteiger partial charge on any atom is -0.342 e. The Morgan fingerprint density at radius 3 is 2.17 bits per heavy atom. The van der Waals surface area contributed by atoms with Crippen molar-refractivity contribution in [1.82, 2.24) is 4.90 Å². The van der Waals surface area contributed by atoms with Crippen molar-refractivity contribution in [2.45, 2.75) is 46.5 Å². The Hall–Kier alpha value is -2.17. The largest absolute Gasteiger partial charge is 0.342 e. The zero-order valence-electron chi connectivity index (χ0n) is 14.2. The Kier molecular flexibility index (Phi) is 8.02. The van der Waals surface area contributed by atoms with Gasteiger partial charge in [-0.15, -0.1) is 0 Å². The van der Waals surface area contributed by atoms with E-state index in [1.165, 1.54) is 13.8 Å². The zero-order chi connectivity index (χ0) is 17.2. The first kappa shape index (κ1) is 18.9. The van der Waals surface area contributed by atoms with Gasteiger partial charge in [0.1, 0.15) is 0 Å². The number of benzene rings is 1. The molecule has 23 heavy (non-hydrogen) atoms. The van der Waals surface area contributed by atoms with Crippen LogP contribution in [0.3, 0.4) is 0 Å². The Balaban J connectivity index is 2.45. The first-order valence-corrected chi connectivity index (χ1v) is 8.10. The molecule has 0 aliphatic rings. The van der Waals surface area contributed by atoms with Crippen molar-refractivity contribution in [1.29, 1.82) is 0 Å². The average Bonchev–Trinajstić information content (AvgIpc) is 2.50. The van der Waals surface area contributed by atoms with Gasteiger partial charge in [0.05, 0.1) is 0 Å². The molecule has 5 heteroatoms. The third-order valence-corrected chi connectivity index (χ3v) is 3.66. The molecular formula is C18H26N2O3. The molecule has 1 aromatic rings. The molecule has 1 aromatic carbocycles. The number of hydrogen-bond donors (Lipinski definition) is 1. The Labute approximate surface area is 138 Å². The maximum Gasteiger partial charge on any atom is 0.226 e. The summed E-state index contributed by atoms with van der Waals surface area (Å²) in [4.78, 5) is 36.5. The number of hydrogen-bond acceptors (Lipinski definition) is 3. The van der Waals surface area contributed by atoms with E-state index in [1.54, 1.807) is 29.2 Å². The number of anilines is 1. The smallest absolute Gasteiger partial charge is 0.226 e. The van der Waals surface area contributed by atoms with Crippen molar-refractivity contribution >= 4 is 23.3 Å². The van der Waals surface area contributed by atoms with Gasteiger partial charge in [-0.05, 0) is 37.6 Å². The first-order valence-electron chi connectivity index (χ1n) is 8.10. The molecule has 5 nitrogen and oxygen atoms in total. The summed E-state index contributed by atoms with van der Waals surface area (Å²) in [6.07, 6.45) is 3.41. The van der Waals surface area contributed by atoms with Crippen LogP contribution in [-0.2, 0) is 9.59 Å². The number of nitrogens with zero attached hydrogens (tertiary/aromatic N) is 1. The summed E-state index contributed by atoms with van der Waals surface area (Å²) < 4.78 is 0. The lowest BCUT2D eigenvalue weighted by molar-refractivity contribution is -0.129. The number of ketones is 1. The van der Waals surface area contributed by atoms with Crippen molar-refractivity contribution in [3.8, 4) is 0 Å². The summed E-state index contributed by atoms with van der Waals surface area (Å²) in [5.74, 6) is -0.144. The van der Waals surface area contributed by atoms with Gasteiger partial charge in [-0.2, -0.15) is 0 Å². The van der Waals surface area contributed by atoms with E-state index in [2.05, 4.69) is 12.2 Å². The van der Waals surface area contributed by atoms with Crippen LogP contribution in [0.1, 0.15) is 56.8 Å². The van der Waals surface area contributed by atoms with Crippen molar-refractivity contribution in [2.75, 3.05) is 18.4 Å². The molecule has 1 N–H and O–H groups in total. The van der Waals surface area contributed by atoms with Gasteiger partial charge in [-0.3, -0.25) is 14.4 Å². The summed E-state index contributed by atoms with van der Waals surface area (Å²) in [5.41, 5.74) is 1.27.